The SMILES string of the molecule is Cc1ccc2ccc3c(c2n1)[N-]C(C)CC3.[CH2-]c1ccccc1.[CH2-]c1ccccc1.[CH2-]c1ccccc1.[Hf]. The van der Waals surface area contributed by atoms with Gasteiger partial charge < -0.3 is 5.32 Å². The van der Waals surface area contributed by atoms with E-state index in [0.29, 0.717) is 6.04 Å². The summed E-state index contributed by atoms with van der Waals surface area (Å²) in [6, 6.07) is 38.6. The van der Waals surface area contributed by atoms with E-state index < -0.39 is 0 Å². The molecule has 194 valence electrons. The molecule has 1 atom stereocenters. The van der Waals surface area contributed by atoms with Crippen LogP contribution in [0.5, 0.6) is 0 Å². The zero-order valence-electron chi connectivity index (χ0n) is 22.5. The molecule has 0 bridgehead atoms. The van der Waals surface area contributed by atoms with Crippen molar-refractivity contribution in [1.82, 2.24) is 4.98 Å². The van der Waals surface area contributed by atoms with Crippen LogP contribution in [0.25, 0.3) is 16.2 Å². The van der Waals surface area contributed by atoms with Crippen molar-refractivity contribution in [3.8, 4) is 0 Å². The van der Waals surface area contributed by atoms with E-state index in [4.69, 9.17) is 5.32 Å². The van der Waals surface area contributed by atoms with Gasteiger partial charge in [-0.1, -0.05) is 55.3 Å². The molecule has 6 rings (SSSR count). The second-order valence-corrected chi connectivity index (χ2v) is 9.07. The molecule has 0 aliphatic carbocycles. The van der Waals surface area contributed by atoms with E-state index in [-0.39, 0.29) is 25.8 Å². The number of rotatable bonds is 0. The van der Waals surface area contributed by atoms with E-state index >= 15 is 0 Å². The summed E-state index contributed by atoms with van der Waals surface area (Å²) in [4.78, 5) is 4.63. The Balaban J connectivity index is 0.000000194. The molecule has 0 spiro atoms. The van der Waals surface area contributed by atoms with Crippen LogP contribution in [0.2, 0.25) is 0 Å². The van der Waals surface area contributed by atoms with Crippen LogP contribution in [0.4, 0.5) is 5.69 Å². The number of aromatic nitrogens is 1. The van der Waals surface area contributed by atoms with Crippen molar-refractivity contribution in [2.75, 3.05) is 0 Å². The van der Waals surface area contributed by atoms with Gasteiger partial charge in [0.25, 0.3) is 0 Å². The van der Waals surface area contributed by atoms with Crippen LogP contribution < -0.4 is 0 Å². The molecule has 0 saturated heterocycles. The van der Waals surface area contributed by atoms with Gasteiger partial charge in [-0.3, -0.25) is 4.98 Å². The number of fused-ring (bicyclic) bond motifs is 3. The Hall–Kier alpha value is -3.43. The van der Waals surface area contributed by atoms with Crippen molar-refractivity contribution in [3.05, 3.63) is 169 Å². The molecular formula is C35H36HfN2-4. The van der Waals surface area contributed by atoms with Crippen LogP contribution in [0, 0.1) is 27.7 Å². The molecule has 2 heterocycles. The largest absolute Gasteiger partial charge is 0.680 e. The summed E-state index contributed by atoms with van der Waals surface area (Å²) in [6.45, 7) is 15.4. The van der Waals surface area contributed by atoms with E-state index in [0.717, 1.165) is 46.4 Å². The molecule has 0 radical (unpaired) electrons. The number of pyridine rings is 1. The van der Waals surface area contributed by atoms with Crippen molar-refractivity contribution in [3.63, 3.8) is 0 Å². The first-order valence-electron chi connectivity index (χ1n) is 12.6. The second-order valence-electron chi connectivity index (χ2n) is 9.07. The van der Waals surface area contributed by atoms with Crippen LogP contribution in [0.3, 0.4) is 0 Å². The topological polar surface area (TPSA) is 27.0 Å². The van der Waals surface area contributed by atoms with E-state index in [9.17, 15) is 0 Å². The van der Waals surface area contributed by atoms with Gasteiger partial charge in [-0.05, 0) is 24.8 Å². The molecule has 2 nitrogen and oxygen atoms in total. The average Bonchev–Trinajstić information content (AvgIpc) is 2.91. The maximum absolute atomic E-state index is 4.75. The first-order chi connectivity index (χ1) is 17.9. The summed E-state index contributed by atoms with van der Waals surface area (Å²) in [5.41, 5.74) is 7.83. The van der Waals surface area contributed by atoms with Gasteiger partial charge in [0, 0.05) is 31.5 Å². The van der Waals surface area contributed by atoms with Crippen molar-refractivity contribution in [2.45, 2.75) is 32.7 Å². The third-order valence-electron chi connectivity index (χ3n) is 5.77. The molecule has 0 amide bonds. The van der Waals surface area contributed by atoms with Gasteiger partial charge in [-0.15, -0.1) is 48.1 Å². The monoisotopic (exact) mass is 664 g/mol. The molecule has 1 aliphatic heterocycles. The molecule has 5 aromatic rings. The summed E-state index contributed by atoms with van der Waals surface area (Å²) in [6.07, 6.45) is 2.29. The molecule has 0 fully saturated rings. The fourth-order valence-electron chi connectivity index (χ4n) is 3.74. The molecule has 38 heavy (non-hydrogen) atoms. The summed E-state index contributed by atoms with van der Waals surface area (Å²) < 4.78 is 0. The summed E-state index contributed by atoms with van der Waals surface area (Å²) in [5, 5.41) is 5.95. The number of aryl methyl sites for hydroxylation is 2. The molecule has 0 N–H and O–H groups in total. The Morgan fingerprint density at radius 2 is 1.11 bits per heavy atom. The van der Waals surface area contributed by atoms with Gasteiger partial charge in [0.1, 0.15) is 0 Å². The fraction of sp³-hybridized carbons (Fsp3) is 0.143. The Morgan fingerprint density at radius 3 is 1.53 bits per heavy atom. The summed E-state index contributed by atoms with van der Waals surface area (Å²) in [7, 11) is 0. The zero-order valence-corrected chi connectivity index (χ0v) is 26.1. The number of hydrogen-bond acceptors (Lipinski definition) is 1. The minimum absolute atomic E-state index is 0. The van der Waals surface area contributed by atoms with Gasteiger partial charge in [0.05, 0.1) is 5.52 Å². The third kappa shape index (κ3) is 10.5. The number of hydrogen-bond donors (Lipinski definition) is 0. The van der Waals surface area contributed by atoms with Crippen molar-refractivity contribution >= 4 is 16.6 Å². The quantitative estimate of drug-likeness (QED) is 0.120. The molecule has 3 heteroatoms. The van der Waals surface area contributed by atoms with Crippen LogP contribution in [-0.4, -0.2) is 11.0 Å². The number of nitrogens with zero attached hydrogens (tertiary/aromatic N) is 2. The van der Waals surface area contributed by atoms with Crippen molar-refractivity contribution in [2.24, 2.45) is 0 Å². The maximum Gasteiger partial charge on any atom is 0.0559 e. The Kier molecular flexibility index (Phi) is 13.3. The Labute approximate surface area is 248 Å². The first kappa shape index (κ1) is 30.8. The van der Waals surface area contributed by atoms with Gasteiger partial charge in [-0.2, -0.15) is 73.9 Å². The summed E-state index contributed by atoms with van der Waals surface area (Å²) in [5.74, 6) is 0. The van der Waals surface area contributed by atoms with Crippen LogP contribution in [0.15, 0.2) is 115 Å². The maximum atomic E-state index is 4.75. The molecule has 4 aromatic carbocycles. The van der Waals surface area contributed by atoms with Crippen LogP contribution >= 0.6 is 0 Å². The van der Waals surface area contributed by atoms with Gasteiger partial charge in [0.15, 0.2) is 0 Å². The standard InChI is InChI=1S/C14H15N2.3C7H7.Hf/c1-9-3-5-11-7-8-12-6-4-10(2)16-14(12)13(11)15-9;3*1-7-5-3-2-4-6-7;/h3,5,7-8,10H,4,6H2,1-2H3;3*2-6H,1H2;/q4*-1;. The van der Waals surface area contributed by atoms with Gasteiger partial charge >= 0.3 is 0 Å². The van der Waals surface area contributed by atoms with Crippen molar-refractivity contribution < 1.29 is 25.8 Å². The third-order valence-corrected chi connectivity index (χ3v) is 5.77. The smallest absolute Gasteiger partial charge is 0.0559 e. The minimum Gasteiger partial charge on any atom is -0.680 e. The molecule has 1 aromatic heterocycles. The zero-order chi connectivity index (χ0) is 26.5. The first-order valence-corrected chi connectivity index (χ1v) is 12.6. The van der Waals surface area contributed by atoms with E-state index in [1.165, 1.54) is 10.9 Å². The molecule has 1 unspecified atom stereocenters. The van der Waals surface area contributed by atoms with Crippen molar-refractivity contribution in [1.29, 1.82) is 0 Å². The fourth-order valence-corrected chi connectivity index (χ4v) is 3.74. The molecule has 0 saturated carbocycles. The molecular weight excluding hydrogens is 627 g/mol. The number of benzene rings is 4. The van der Waals surface area contributed by atoms with Gasteiger partial charge in [-0.25, -0.2) is 0 Å². The van der Waals surface area contributed by atoms with E-state index in [1.807, 2.05) is 97.9 Å². The van der Waals surface area contributed by atoms with Gasteiger partial charge in [0.2, 0.25) is 0 Å². The van der Waals surface area contributed by atoms with Crippen LogP contribution in [0.1, 0.15) is 41.3 Å². The molecule has 1 aliphatic rings. The Bertz CT molecular complexity index is 1250. The second kappa shape index (κ2) is 16.4. The minimum atomic E-state index is 0. The van der Waals surface area contributed by atoms with Crippen LogP contribution in [-0.2, 0) is 32.3 Å². The predicted molar refractivity (Wildman–Crippen MR) is 160 cm³/mol. The van der Waals surface area contributed by atoms with E-state index in [2.05, 4.69) is 56.9 Å². The summed E-state index contributed by atoms with van der Waals surface area (Å²) >= 11 is 0. The Morgan fingerprint density at radius 1 is 0.658 bits per heavy atom. The van der Waals surface area contributed by atoms with E-state index in [1.54, 1.807) is 0 Å². The predicted octanol–water partition coefficient (Wildman–Crippen LogP) is 9.49. The average molecular weight is 663 g/mol. The normalized spacial score (nSPS) is 12.8.